The maximum absolute atomic E-state index is 13.5. The summed E-state index contributed by atoms with van der Waals surface area (Å²) in [5.41, 5.74) is 0.0689. The average Bonchev–Trinajstić information content (AvgIpc) is 2.56. The van der Waals surface area contributed by atoms with Crippen molar-refractivity contribution in [1.82, 2.24) is 5.32 Å². The second-order valence-corrected chi connectivity index (χ2v) is 4.90. The number of carboxylic acids is 1. The summed E-state index contributed by atoms with van der Waals surface area (Å²) in [5.74, 6) is -5.99. The van der Waals surface area contributed by atoms with Gasteiger partial charge in [-0.2, -0.15) is 0 Å². The first-order chi connectivity index (χ1) is 11.4. The molecular weight excluding hydrogens is 325 g/mol. The molecule has 0 aromatic heterocycles. The maximum Gasteiger partial charge on any atom is 0.326 e. The van der Waals surface area contributed by atoms with Crippen LogP contribution < -0.4 is 10.6 Å². The number of benzene rings is 2. The zero-order valence-corrected chi connectivity index (χ0v) is 12.2. The Hall–Kier alpha value is -3.03. The summed E-state index contributed by atoms with van der Waals surface area (Å²) in [6.07, 6.45) is 0.00382. The SMILES string of the molecule is O=C(Nc1ccc(F)c(F)c1F)N[C@@H](Cc1ccccc1)C(=O)O. The summed E-state index contributed by atoms with van der Waals surface area (Å²) in [4.78, 5) is 23.0. The lowest BCUT2D eigenvalue weighted by atomic mass is 10.1. The van der Waals surface area contributed by atoms with E-state index in [1.807, 2.05) is 5.32 Å². The van der Waals surface area contributed by atoms with E-state index in [1.165, 1.54) is 0 Å². The third-order valence-corrected chi connectivity index (χ3v) is 3.17. The molecule has 5 nitrogen and oxygen atoms in total. The molecule has 0 aliphatic rings. The van der Waals surface area contributed by atoms with E-state index in [4.69, 9.17) is 5.11 Å². The molecule has 8 heteroatoms. The second-order valence-electron chi connectivity index (χ2n) is 4.90. The van der Waals surface area contributed by atoms with Crippen molar-refractivity contribution in [1.29, 1.82) is 0 Å². The number of hydrogen-bond donors (Lipinski definition) is 3. The smallest absolute Gasteiger partial charge is 0.326 e. The highest BCUT2D eigenvalue weighted by Crippen LogP contribution is 2.19. The van der Waals surface area contributed by atoms with Gasteiger partial charge in [0.25, 0.3) is 0 Å². The quantitative estimate of drug-likeness (QED) is 0.734. The van der Waals surface area contributed by atoms with Crippen LogP contribution in [0.25, 0.3) is 0 Å². The van der Waals surface area contributed by atoms with E-state index in [2.05, 4.69) is 5.32 Å². The predicted molar refractivity (Wildman–Crippen MR) is 80.0 cm³/mol. The van der Waals surface area contributed by atoms with Gasteiger partial charge < -0.3 is 15.7 Å². The number of carbonyl (C=O) groups excluding carboxylic acids is 1. The molecule has 3 N–H and O–H groups in total. The lowest BCUT2D eigenvalue weighted by molar-refractivity contribution is -0.139. The Morgan fingerprint density at radius 1 is 1.00 bits per heavy atom. The third kappa shape index (κ3) is 4.25. The van der Waals surface area contributed by atoms with E-state index in [9.17, 15) is 22.8 Å². The fraction of sp³-hybridized carbons (Fsp3) is 0.125. The molecule has 0 radical (unpaired) electrons. The number of halogens is 3. The van der Waals surface area contributed by atoms with Crippen molar-refractivity contribution in [3.05, 3.63) is 65.5 Å². The molecular formula is C16H13F3N2O3. The topological polar surface area (TPSA) is 78.4 Å². The Morgan fingerprint density at radius 3 is 2.29 bits per heavy atom. The van der Waals surface area contributed by atoms with Crippen molar-refractivity contribution in [3.63, 3.8) is 0 Å². The minimum atomic E-state index is -1.73. The third-order valence-electron chi connectivity index (χ3n) is 3.17. The van der Waals surface area contributed by atoms with E-state index in [1.54, 1.807) is 30.3 Å². The van der Waals surface area contributed by atoms with Gasteiger partial charge in [0.15, 0.2) is 17.5 Å². The Labute approximate surface area is 135 Å². The van der Waals surface area contributed by atoms with Crippen LogP contribution in [0.4, 0.5) is 23.7 Å². The van der Waals surface area contributed by atoms with Gasteiger partial charge >= 0.3 is 12.0 Å². The van der Waals surface area contributed by atoms with Crippen molar-refractivity contribution >= 4 is 17.7 Å². The van der Waals surface area contributed by atoms with Crippen molar-refractivity contribution < 1.29 is 27.9 Å². The number of carboxylic acid groups (broad SMARTS) is 1. The molecule has 0 bridgehead atoms. The van der Waals surface area contributed by atoms with Gasteiger partial charge in [-0.25, -0.2) is 22.8 Å². The number of aliphatic carboxylic acids is 1. The highest BCUT2D eigenvalue weighted by molar-refractivity contribution is 5.92. The monoisotopic (exact) mass is 338 g/mol. The zero-order chi connectivity index (χ0) is 17.7. The lowest BCUT2D eigenvalue weighted by Gasteiger charge is -2.15. The van der Waals surface area contributed by atoms with Crippen molar-refractivity contribution in [2.24, 2.45) is 0 Å². The lowest BCUT2D eigenvalue weighted by Crippen LogP contribution is -2.44. The minimum absolute atomic E-state index is 0.00382. The van der Waals surface area contributed by atoms with E-state index >= 15 is 0 Å². The van der Waals surface area contributed by atoms with E-state index < -0.39 is 41.2 Å². The number of carbonyl (C=O) groups is 2. The number of rotatable bonds is 5. The molecule has 0 heterocycles. The molecule has 0 saturated carbocycles. The van der Waals surface area contributed by atoms with E-state index in [0.717, 1.165) is 6.07 Å². The molecule has 1 atom stereocenters. The molecule has 0 aliphatic carbocycles. The molecule has 2 amide bonds. The predicted octanol–water partition coefficient (Wildman–Crippen LogP) is 2.92. The molecule has 0 aliphatic heterocycles. The summed E-state index contributed by atoms with van der Waals surface area (Å²) < 4.78 is 39.4. The Kier molecular flexibility index (Phi) is 5.41. The van der Waals surface area contributed by atoms with Crippen LogP contribution >= 0.6 is 0 Å². The van der Waals surface area contributed by atoms with Crippen molar-refractivity contribution in [2.75, 3.05) is 5.32 Å². The van der Waals surface area contributed by atoms with Crippen LogP contribution in [0.1, 0.15) is 5.56 Å². The first kappa shape index (κ1) is 17.3. The Bertz CT molecular complexity index is 754. The first-order valence-electron chi connectivity index (χ1n) is 6.86. The average molecular weight is 338 g/mol. The van der Waals surface area contributed by atoms with Crippen LogP contribution in [0.5, 0.6) is 0 Å². The number of nitrogens with one attached hydrogen (secondary N) is 2. The van der Waals surface area contributed by atoms with Crippen molar-refractivity contribution in [3.8, 4) is 0 Å². The maximum atomic E-state index is 13.5. The Balaban J connectivity index is 2.06. The van der Waals surface area contributed by atoms with Gasteiger partial charge in [0, 0.05) is 6.42 Å². The second kappa shape index (κ2) is 7.49. The number of urea groups is 1. The summed E-state index contributed by atoms with van der Waals surface area (Å²) in [6, 6.07) is 7.70. The van der Waals surface area contributed by atoms with Gasteiger partial charge in [-0.3, -0.25) is 0 Å². The van der Waals surface area contributed by atoms with Gasteiger partial charge in [-0.1, -0.05) is 30.3 Å². The number of amides is 2. The largest absolute Gasteiger partial charge is 0.480 e. The fourth-order valence-electron chi connectivity index (χ4n) is 1.99. The van der Waals surface area contributed by atoms with Gasteiger partial charge in [0.05, 0.1) is 5.69 Å². The molecule has 2 aromatic rings. The molecule has 0 fully saturated rings. The standard InChI is InChI=1S/C16H13F3N2O3/c17-10-6-7-11(14(19)13(10)18)20-16(24)21-12(15(22)23)8-9-4-2-1-3-5-9/h1-7,12H,8H2,(H,22,23)(H2,20,21,24)/t12-/m0/s1. The van der Waals surface area contributed by atoms with Crippen LogP contribution in [-0.2, 0) is 11.2 Å². The highest BCUT2D eigenvalue weighted by Gasteiger charge is 2.22. The van der Waals surface area contributed by atoms with Gasteiger partial charge in [0.1, 0.15) is 6.04 Å². The highest BCUT2D eigenvalue weighted by atomic mass is 19.2. The van der Waals surface area contributed by atoms with Crippen LogP contribution in [-0.4, -0.2) is 23.1 Å². The fourth-order valence-corrected chi connectivity index (χ4v) is 1.99. The molecule has 0 saturated heterocycles. The number of anilines is 1. The van der Waals surface area contributed by atoms with Gasteiger partial charge in [-0.15, -0.1) is 0 Å². The summed E-state index contributed by atoms with van der Waals surface area (Å²) in [5, 5.41) is 13.3. The zero-order valence-electron chi connectivity index (χ0n) is 12.2. The molecule has 126 valence electrons. The number of hydrogen-bond acceptors (Lipinski definition) is 2. The van der Waals surface area contributed by atoms with Crippen LogP contribution in [0.15, 0.2) is 42.5 Å². The van der Waals surface area contributed by atoms with E-state index in [-0.39, 0.29) is 6.42 Å². The van der Waals surface area contributed by atoms with Gasteiger partial charge in [0.2, 0.25) is 0 Å². The summed E-state index contributed by atoms with van der Waals surface area (Å²) in [6.45, 7) is 0. The molecule has 2 aromatic carbocycles. The molecule has 2 rings (SSSR count). The molecule has 0 unspecified atom stereocenters. The summed E-state index contributed by atoms with van der Waals surface area (Å²) in [7, 11) is 0. The van der Waals surface area contributed by atoms with Crippen LogP contribution in [0.3, 0.4) is 0 Å². The molecule has 24 heavy (non-hydrogen) atoms. The van der Waals surface area contributed by atoms with Crippen molar-refractivity contribution in [2.45, 2.75) is 12.5 Å². The molecule has 0 spiro atoms. The van der Waals surface area contributed by atoms with Crippen LogP contribution in [0, 0.1) is 17.5 Å². The Morgan fingerprint density at radius 2 is 1.67 bits per heavy atom. The minimum Gasteiger partial charge on any atom is -0.480 e. The van der Waals surface area contributed by atoms with E-state index in [0.29, 0.717) is 11.6 Å². The normalized spacial score (nSPS) is 11.6. The first-order valence-corrected chi connectivity index (χ1v) is 6.86. The summed E-state index contributed by atoms with van der Waals surface area (Å²) >= 11 is 0. The van der Waals surface area contributed by atoms with Crippen LogP contribution in [0.2, 0.25) is 0 Å². The van der Waals surface area contributed by atoms with Gasteiger partial charge in [-0.05, 0) is 17.7 Å².